The first-order valence-electron chi connectivity index (χ1n) is 9.78. The van der Waals surface area contributed by atoms with Crippen molar-refractivity contribution in [2.45, 2.75) is 53.1 Å². The van der Waals surface area contributed by atoms with Crippen LogP contribution in [0.25, 0.3) is 11.0 Å². The van der Waals surface area contributed by atoms with Gasteiger partial charge in [-0.05, 0) is 61.8 Å². The Labute approximate surface area is 168 Å². The molecule has 0 saturated heterocycles. The zero-order chi connectivity index (χ0) is 19.8. The molecule has 0 amide bonds. The zero-order valence-corrected chi connectivity index (χ0v) is 17.3. The quantitative estimate of drug-likeness (QED) is 0.441. The van der Waals surface area contributed by atoms with Gasteiger partial charge in [-0.2, -0.15) is 0 Å². The van der Waals surface area contributed by atoms with Crippen LogP contribution in [0.5, 0.6) is 0 Å². The van der Waals surface area contributed by atoms with Crippen molar-refractivity contribution in [2.24, 2.45) is 5.92 Å². The number of benzene rings is 1. The molecule has 0 aliphatic heterocycles. The van der Waals surface area contributed by atoms with E-state index in [2.05, 4.69) is 6.92 Å². The molecule has 0 fully saturated rings. The van der Waals surface area contributed by atoms with Gasteiger partial charge in [0.25, 0.3) is 0 Å². The predicted octanol–water partition coefficient (Wildman–Crippen LogP) is 5.34. The van der Waals surface area contributed by atoms with Gasteiger partial charge in [0.15, 0.2) is 0 Å². The largest absolute Gasteiger partial charge is 0.457 e. The maximum Gasteiger partial charge on any atom is 0.348 e. The molecule has 4 nitrogen and oxygen atoms in total. The third kappa shape index (κ3) is 3.51. The summed E-state index contributed by atoms with van der Waals surface area (Å²) in [5, 5.41) is 0.812. The number of ether oxygens (including phenoxy) is 1. The van der Waals surface area contributed by atoms with E-state index in [4.69, 9.17) is 9.15 Å². The van der Waals surface area contributed by atoms with Gasteiger partial charge in [0.1, 0.15) is 17.1 Å². The van der Waals surface area contributed by atoms with E-state index in [1.807, 2.05) is 32.0 Å². The van der Waals surface area contributed by atoms with E-state index in [-0.39, 0.29) is 12.6 Å². The van der Waals surface area contributed by atoms with Crippen LogP contribution in [0.15, 0.2) is 33.5 Å². The van der Waals surface area contributed by atoms with Crippen LogP contribution in [0.1, 0.15) is 56.6 Å². The number of rotatable bonds is 4. The summed E-state index contributed by atoms with van der Waals surface area (Å²) in [6.45, 7) is 6.18. The molecule has 28 heavy (non-hydrogen) atoms. The first kappa shape index (κ1) is 18.9. The van der Waals surface area contributed by atoms with Crippen LogP contribution in [0.2, 0.25) is 0 Å². The highest BCUT2D eigenvalue weighted by Crippen LogP contribution is 2.34. The number of fused-ring (bicyclic) bond motifs is 2. The Morgan fingerprint density at radius 2 is 2.11 bits per heavy atom. The Hall–Kier alpha value is -2.40. The third-order valence-electron chi connectivity index (χ3n) is 5.84. The maximum absolute atomic E-state index is 12.6. The minimum Gasteiger partial charge on any atom is -0.457 e. The van der Waals surface area contributed by atoms with Gasteiger partial charge in [-0.3, -0.25) is 0 Å². The van der Waals surface area contributed by atoms with E-state index >= 15 is 0 Å². The van der Waals surface area contributed by atoms with Crippen molar-refractivity contribution in [1.29, 1.82) is 0 Å². The Bertz CT molecular complexity index is 1110. The fourth-order valence-electron chi connectivity index (χ4n) is 3.91. The summed E-state index contributed by atoms with van der Waals surface area (Å²) >= 11 is 1.55. The lowest BCUT2D eigenvalue weighted by molar-refractivity contribution is 0.0479. The Morgan fingerprint density at radius 3 is 2.89 bits per heavy atom. The summed E-state index contributed by atoms with van der Waals surface area (Å²) in [5.74, 6) is 0.394. The predicted molar refractivity (Wildman–Crippen MR) is 111 cm³/mol. The Morgan fingerprint density at radius 1 is 1.29 bits per heavy atom. The van der Waals surface area contributed by atoms with Gasteiger partial charge < -0.3 is 9.15 Å². The molecule has 5 heteroatoms. The van der Waals surface area contributed by atoms with Gasteiger partial charge in [-0.25, -0.2) is 9.59 Å². The fraction of sp³-hybridized carbons (Fsp3) is 0.391. The Kier molecular flexibility index (Phi) is 5.11. The van der Waals surface area contributed by atoms with E-state index in [1.165, 1.54) is 29.3 Å². The van der Waals surface area contributed by atoms with E-state index in [9.17, 15) is 9.59 Å². The fourth-order valence-corrected chi connectivity index (χ4v) is 5.01. The van der Waals surface area contributed by atoms with Crippen LogP contribution in [0.4, 0.5) is 0 Å². The van der Waals surface area contributed by atoms with Crippen LogP contribution in [-0.2, 0) is 24.2 Å². The highest BCUT2D eigenvalue weighted by Gasteiger charge is 2.23. The van der Waals surface area contributed by atoms with Crippen LogP contribution < -0.4 is 5.63 Å². The van der Waals surface area contributed by atoms with E-state index in [0.29, 0.717) is 21.9 Å². The minimum atomic E-state index is -0.426. The summed E-state index contributed by atoms with van der Waals surface area (Å²) in [6.07, 6.45) is 4.48. The second-order valence-electron chi connectivity index (χ2n) is 7.63. The van der Waals surface area contributed by atoms with Gasteiger partial charge in [0.05, 0.1) is 0 Å². The van der Waals surface area contributed by atoms with Crippen LogP contribution in [-0.4, -0.2) is 5.97 Å². The number of esters is 1. The number of hydrogen-bond donors (Lipinski definition) is 0. The molecule has 1 atom stereocenters. The van der Waals surface area contributed by atoms with Crippen molar-refractivity contribution < 1.29 is 13.9 Å². The Balaban J connectivity index is 1.55. The number of thiophene rings is 1. The van der Waals surface area contributed by atoms with Crippen molar-refractivity contribution in [3.05, 3.63) is 66.7 Å². The number of carbonyl (C=O) groups is 1. The van der Waals surface area contributed by atoms with Gasteiger partial charge >= 0.3 is 11.6 Å². The minimum absolute atomic E-state index is 0.0591. The lowest BCUT2D eigenvalue weighted by Gasteiger charge is -2.19. The molecule has 2 aromatic heterocycles. The van der Waals surface area contributed by atoms with Gasteiger partial charge in [-0.15, -0.1) is 11.3 Å². The van der Waals surface area contributed by atoms with Crippen molar-refractivity contribution in [2.75, 3.05) is 0 Å². The molecule has 2 heterocycles. The van der Waals surface area contributed by atoms with Gasteiger partial charge in [0, 0.05) is 21.9 Å². The van der Waals surface area contributed by atoms with Crippen molar-refractivity contribution >= 4 is 28.3 Å². The molecule has 3 aromatic rings. The van der Waals surface area contributed by atoms with Crippen LogP contribution >= 0.6 is 11.3 Å². The van der Waals surface area contributed by atoms with Crippen LogP contribution in [0.3, 0.4) is 0 Å². The lowest BCUT2D eigenvalue weighted by atomic mass is 9.87. The molecular formula is C23H24O4S. The summed E-state index contributed by atoms with van der Waals surface area (Å²) in [4.78, 5) is 26.6. The highest BCUT2D eigenvalue weighted by atomic mass is 32.1. The summed E-state index contributed by atoms with van der Waals surface area (Å²) in [6, 6.07) is 7.31. The first-order chi connectivity index (χ1) is 13.5. The highest BCUT2D eigenvalue weighted by molar-refractivity contribution is 7.14. The molecular weight excluding hydrogens is 372 g/mol. The van der Waals surface area contributed by atoms with Crippen molar-refractivity contribution in [3.63, 3.8) is 0 Å². The standard InChI is InChI=1S/C23H24O4S/c1-4-15-6-8-19-16(9-15)10-20(28-19)23(25)26-12-17-11-21(24)27-22-14(3)13(2)5-7-18(17)22/h5,7,10-11,15H,4,6,8-9,12H2,1-3H3/t15-/m1/s1. The SMILES string of the molecule is CC[C@@H]1CCc2sc(C(=O)OCc3cc(=O)oc4c(C)c(C)ccc34)cc2C1. The number of aryl methyl sites for hydroxylation is 3. The molecule has 0 unspecified atom stereocenters. The molecule has 4 rings (SSSR count). The second-order valence-corrected chi connectivity index (χ2v) is 8.76. The lowest BCUT2D eigenvalue weighted by Crippen LogP contribution is -2.10. The average Bonchev–Trinajstić information content (AvgIpc) is 3.12. The third-order valence-corrected chi connectivity index (χ3v) is 7.06. The molecule has 1 aliphatic carbocycles. The van der Waals surface area contributed by atoms with E-state index in [0.717, 1.165) is 29.4 Å². The summed E-state index contributed by atoms with van der Waals surface area (Å²) in [7, 11) is 0. The normalized spacial score (nSPS) is 16.2. The van der Waals surface area contributed by atoms with Crippen molar-refractivity contribution in [3.8, 4) is 0 Å². The molecule has 0 spiro atoms. The maximum atomic E-state index is 12.6. The van der Waals surface area contributed by atoms with E-state index in [1.54, 1.807) is 11.3 Å². The number of carbonyl (C=O) groups excluding carboxylic acids is 1. The topological polar surface area (TPSA) is 56.5 Å². The first-order valence-corrected chi connectivity index (χ1v) is 10.6. The van der Waals surface area contributed by atoms with E-state index < -0.39 is 5.63 Å². The monoisotopic (exact) mass is 396 g/mol. The summed E-state index contributed by atoms with van der Waals surface area (Å²) < 4.78 is 11.0. The van der Waals surface area contributed by atoms with Crippen molar-refractivity contribution in [1.82, 2.24) is 0 Å². The van der Waals surface area contributed by atoms with Crippen LogP contribution in [0, 0.1) is 19.8 Å². The van der Waals surface area contributed by atoms with Gasteiger partial charge in [0.2, 0.25) is 0 Å². The number of hydrogen-bond acceptors (Lipinski definition) is 5. The molecule has 146 valence electrons. The molecule has 0 radical (unpaired) electrons. The second kappa shape index (κ2) is 7.55. The molecule has 0 N–H and O–H groups in total. The van der Waals surface area contributed by atoms with Gasteiger partial charge in [-0.1, -0.05) is 25.5 Å². The molecule has 1 aromatic carbocycles. The summed E-state index contributed by atoms with van der Waals surface area (Å²) in [5.41, 5.74) is 4.10. The molecule has 0 bridgehead atoms. The zero-order valence-electron chi connectivity index (χ0n) is 16.5. The average molecular weight is 397 g/mol. The molecule has 1 aliphatic rings. The molecule has 0 saturated carbocycles. The smallest absolute Gasteiger partial charge is 0.348 e.